The molecule has 4 heteroatoms. The van der Waals surface area contributed by atoms with E-state index in [4.69, 9.17) is 10.0 Å². The van der Waals surface area contributed by atoms with Crippen molar-refractivity contribution >= 4 is 18.9 Å². The molecule has 1 aliphatic rings. The molecule has 0 saturated heterocycles. The fraction of sp³-hybridized carbons (Fsp3) is 0.500. The van der Waals surface area contributed by atoms with Gasteiger partial charge in [-0.1, -0.05) is 44.4 Å². The highest BCUT2D eigenvalue weighted by Gasteiger charge is 2.11. The fourth-order valence-corrected chi connectivity index (χ4v) is 2.57. The molecule has 0 atom stereocenters. The SMILES string of the molecule is CCCCCCSCC1=C=CC=C(B(O)O)C=C1. The van der Waals surface area contributed by atoms with E-state index in [1.807, 2.05) is 17.8 Å². The van der Waals surface area contributed by atoms with Gasteiger partial charge in [-0.15, -0.1) is 5.73 Å². The van der Waals surface area contributed by atoms with E-state index in [1.54, 1.807) is 18.2 Å². The molecule has 2 nitrogen and oxygen atoms in total. The molecule has 0 aromatic carbocycles. The summed E-state index contributed by atoms with van der Waals surface area (Å²) in [5.74, 6) is 2.11. The number of thioether (sulfide) groups is 1. The van der Waals surface area contributed by atoms with Crippen LogP contribution < -0.4 is 0 Å². The number of rotatable bonds is 8. The van der Waals surface area contributed by atoms with Gasteiger partial charge in [0, 0.05) is 11.3 Å². The predicted molar refractivity (Wildman–Crippen MR) is 80.5 cm³/mol. The number of allylic oxidation sites excluding steroid dienone is 4. The van der Waals surface area contributed by atoms with E-state index >= 15 is 0 Å². The summed E-state index contributed by atoms with van der Waals surface area (Å²) >= 11 is 1.91. The van der Waals surface area contributed by atoms with E-state index in [0.29, 0.717) is 5.47 Å². The van der Waals surface area contributed by atoms with Crippen molar-refractivity contribution in [1.29, 1.82) is 0 Å². The van der Waals surface area contributed by atoms with Gasteiger partial charge in [0.05, 0.1) is 0 Å². The summed E-state index contributed by atoms with van der Waals surface area (Å²) in [7, 11) is -1.40. The van der Waals surface area contributed by atoms with Gasteiger partial charge in [0.1, 0.15) is 0 Å². The molecule has 0 bridgehead atoms. The average molecular weight is 264 g/mol. The van der Waals surface area contributed by atoms with Gasteiger partial charge in [-0.05, 0) is 23.7 Å². The van der Waals surface area contributed by atoms with Crippen molar-refractivity contribution in [3.05, 3.63) is 41.1 Å². The Labute approximate surface area is 114 Å². The van der Waals surface area contributed by atoms with Crippen molar-refractivity contribution in [2.24, 2.45) is 0 Å². The summed E-state index contributed by atoms with van der Waals surface area (Å²) in [4.78, 5) is 0. The maximum absolute atomic E-state index is 9.06. The normalized spacial score (nSPS) is 14.2. The number of hydrogen-bond donors (Lipinski definition) is 2. The van der Waals surface area contributed by atoms with Crippen LogP contribution in [-0.2, 0) is 0 Å². The third-order valence-corrected chi connectivity index (χ3v) is 3.81. The molecular weight excluding hydrogens is 243 g/mol. The highest BCUT2D eigenvalue weighted by molar-refractivity contribution is 7.99. The maximum atomic E-state index is 9.06. The lowest BCUT2D eigenvalue weighted by Crippen LogP contribution is -2.13. The molecular formula is C14H21BO2S. The predicted octanol–water partition coefficient (Wildman–Crippen LogP) is 2.89. The maximum Gasteiger partial charge on any atom is 0.488 e. The zero-order valence-corrected chi connectivity index (χ0v) is 11.7. The van der Waals surface area contributed by atoms with Gasteiger partial charge in [0.2, 0.25) is 0 Å². The second-order valence-corrected chi connectivity index (χ2v) is 5.43. The molecule has 0 aliphatic heterocycles. The Morgan fingerprint density at radius 2 is 2.06 bits per heavy atom. The van der Waals surface area contributed by atoms with Crippen molar-refractivity contribution in [3.63, 3.8) is 0 Å². The molecule has 0 saturated carbocycles. The molecule has 0 radical (unpaired) electrons. The summed E-state index contributed by atoms with van der Waals surface area (Å²) < 4.78 is 0. The lowest BCUT2D eigenvalue weighted by atomic mass is 9.79. The van der Waals surface area contributed by atoms with Crippen LogP contribution in [0.1, 0.15) is 32.6 Å². The van der Waals surface area contributed by atoms with E-state index in [2.05, 4.69) is 12.7 Å². The molecule has 98 valence electrons. The Balaban J connectivity index is 2.25. The van der Waals surface area contributed by atoms with Crippen molar-refractivity contribution in [2.75, 3.05) is 11.5 Å². The van der Waals surface area contributed by atoms with E-state index < -0.39 is 7.12 Å². The monoisotopic (exact) mass is 264 g/mol. The number of hydrogen-bond acceptors (Lipinski definition) is 3. The average Bonchev–Trinajstić information content (AvgIpc) is 2.59. The summed E-state index contributed by atoms with van der Waals surface area (Å²) in [5, 5.41) is 18.1. The zero-order chi connectivity index (χ0) is 13.2. The molecule has 0 fully saturated rings. The van der Waals surface area contributed by atoms with E-state index in [0.717, 1.165) is 11.3 Å². The molecule has 2 N–H and O–H groups in total. The molecule has 0 aromatic rings. The van der Waals surface area contributed by atoms with Gasteiger partial charge in [-0.3, -0.25) is 0 Å². The Kier molecular flexibility index (Phi) is 7.94. The molecule has 0 amide bonds. The first-order valence-corrected chi connectivity index (χ1v) is 7.67. The first-order valence-electron chi connectivity index (χ1n) is 6.51. The van der Waals surface area contributed by atoms with Crippen LogP contribution in [0, 0.1) is 0 Å². The van der Waals surface area contributed by atoms with Gasteiger partial charge >= 0.3 is 7.12 Å². The standard InChI is InChI=1S/C14H21BO2S/c1-2-3-4-5-11-18-12-13-7-6-8-14(10-9-13)15(16)17/h6,8-10,16-17H,2-5,11-12H2,1H3. The molecule has 18 heavy (non-hydrogen) atoms. The topological polar surface area (TPSA) is 40.5 Å². The molecule has 0 unspecified atom stereocenters. The first-order chi connectivity index (χ1) is 8.74. The Morgan fingerprint density at radius 1 is 1.22 bits per heavy atom. The van der Waals surface area contributed by atoms with Crippen molar-refractivity contribution in [1.82, 2.24) is 0 Å². The summed E-state index contributed by atoms with van der Waals surface area (Å²) in [6, 6.07) is 0. The second kappa shape index (κ2) is 9.29. The van der Waals surface area contributed by atoms with Gasteiger partial charge in [0.15, 0.2) is 0 Å². The van der Waals surface area contributed by atoms with Crippen LogP contribution in [0.25, 0.3) is 0 Å². The highest BCUT2D eigenvalue weighted by atomic mass is 32.2. The molecule has 1 rings (SSSR count). The van der Waals surface area contributed by atoms with Gasteiger partial charge < -0.3 is 10.0 Å². The Bertz CT molecular complexity index is 366. The quantitative estimate of drug-likeness (QED) is 0.402. The van der Waals surface area contributed by atoms with Crippen LogP contribution in [0.5, 0.6) is 0 Å². The van der Waals surface area contributed by atoms with Crippen molar-refractivity contribution in [3.8, 4) is 0 Å². The largest absolute Gasteiger partial charge is 0.488 e. The van der Waals surface area contributed by atoms with E-state index in [9.17, 15) is 0 Å². The number of unbranched alkanes of at least 4 members (excludes halogenated alkanes) is 3. The van der Waals surface area contributed by atoms with Crippen LogP contribution >= 0.6 is 11.8 Å². The zero-order valence-electron chi connectivity index (χ0n) is 10.9. The van der Waals surface area contributed by atoms with E-state index in [-0.39, 0.29) is 0 Å². The molecule has 0 heterocycles. The van der Waals surface area contributed by atoms with Gasteiger partial charge in [0.25, 0.3) is 0 Å². The minimum absolute atomic E-state index is 0.505. The third-order valence-electron chi connectivity index (χ3n) is 2.72. The van der Waals surface area contributed by atoms with Crippen LogP contribution in [0.4, 0.5) is 0 Å². The van der Waals surface area contributed by atoms with Gasteiger partial charge in [-0.2, -0.15) is 11.8 Å². The van der Waals surface area contributed by atoms with Crippen LogP contribution in [0.2, 0.25) is 0 Å². The van der Waals surface area contributed by atoms with Crippen LogP contribution in [0.15, 0.2) is 41.1 Å². The smallest absolute Gasteiger partial charge is 0.423 e. The Morgan fingerprint density at radius 3 is 2.78 bits per heavy atom. The lowest BCUT2D eigenvalue weighted by molar-refractivity contribution is 0.420. The fourth-order valence-electron chi connectivity index (χ4n) is 1.62. The van der Waals surface area contributed by atoms with Crippen LogP contribution in [0.3, 0.4) is 0 Å². The highest BCUT2D eigenvalue weighted by Crippen LogP contribution is 2.14. The molecule has 0 spiro atoms. The molecule has 1 aliphatic carbocycles. The Hall–Kier alpha value is -0.665. The van der Waals surface area contributed by atoms with Crippen molar-refractivity contribution in [2.45, 2.75) is 32.6 Å². The minimum atomic E-state index is -1.40. The van der Waals surface area contributed by atoms with Gasteiger partial charge in [-0.25, -0.2) is 0 Å². The second-order valence-electron chi connectivity index (χ2n) is 4.32. The summed E-state index contributed by atoms with van der Waals surface area (Å²) in [6.07, 6.45) is 12.3. The first kappa shape index (κ1) is 15.4. The van der Waals surface area contributed by atoms with Crippen LogP contribution in [-0.4, -0.2) is 28.7 Å². The third kappa shape index (κ3) is 6.32. The summed E-state index contributed by atoms with van der Waals surface area (Å²) in [5.41, 5.74) is 4.76. The van der Waals surface area contributed by atoms with E-state index in [1.165, 1.54) is 31.4 Å². The summed E-state index contributed by atoms with van der Waals surface area (Å²) in [6.45, 7) is 2.22. The minimum Gasteiger partial charge on any atom is -0.423 e. The lowest BCUT2D eigenvalue weighted by Gasteiger charge is -2.01. The van der Waals surface area contributed by atoms with Crippen molar-refractivity contribution < 1.29 is 10.0 Å². The molecule has 0 aromatic heterocycles.